The minimum Gasteiger partial charge on any atom is -0.316 e. The van der Waals surface area contributed by atoms with Crippen molar-refractivity contribution in [1.82, 2.24) is 5.32 Å². The minimum atomic E-state index is 0.381. The van der Waals surface area contributed by atoms with Crippen molar-refractivity contribution in [3.05, 3.63) is 34.9 Å². The van der Waals surface area contributed by atoms with E-state index in [9.17, 15) is 0 Å². The van der Waals surface area contributed by atoms with Gasteiger partial charge >= 0.3 is 0 Å². The smallest absolute Gasteiger partial charge is 0.0441 e. The molecule has 1 N–H and O–H groups in total. The maximum absolute atomic E-state index is 6.32. The summed E-state index contributed by atoms with van der Waals surface area (Å²) < 4.78 is 0. The van der Waals surface area contributed by atoms with E-state index in [2.05, 4.69) is 45.1 Å². The molecule has 1 aromatic rings. The van der Waals surface area contributed by atoms with Gasteiger partial charge in [-0.05, 0) is 42.3 Å². The van der Waals surface area contributed by atoms with E-state index in [1.54, 1.807) is 0 Å². The van der Waals surface area contributed by atoms with Gasteiger partial charge in [-0.15, -0.1) is 0 Å². The molecule has 0 aliphatic rings. The van der Waals surface area contributed by atoms with Crippen LogP contribution in [0, 0.1) is 5.41 Å². The highest BCUT2D eigenvalue weighted by molar-refractivity contribution is 6.31. The van der Waals surface area contributed by atoms with Gasteiger partial charge < -0.3 is 5.32 Å². The molecule has 1 unspecified atom stereocenters. The first-order valence-corrected chi connectivity index (χ1v) is 7.27. The molecule has 18 heavy (non-hydrogen) atoms. The molecule has 0 spiro atoms. The van der Waals surface area contributed by atoms with Crippen LogP contribution >= 0.6 is 11.6 Å². The van der Waals surface area contributed by atoms with E-state index < -0.39 is 0 Å². The normalized spacial score (nSPS) is 13.6. The minimum absolute atomic E-state index is 0.381. The van der Waals surface area contributed by atoms with Gasteiger partial charge in [-0.25, -0.2) is 0 Å². The Morgan fingerprint density at radius 1 is 1.22 bits per heavy atom. The molecule has 1 aromatic carbocycles. The maximum atomic E-state index is 6.32. The van der Waals surface area contributed by atoms with Crippen molar-refractivity contribution in [2.24, 2.45) is 5.41 Å². The molecule has 0 saturated carbocycles. The van der Waals surface area contributed by atoms with Gasteiger partial charge in [0, 0.05) is 11.6 Å². The van der Waals surface area contributed by atoms with E-state index in [1.165, 1.54) is 18.4 Å². The Labute approximate surface area is 117 Å². The van der Waals surface area contributed by atoms with Crippen LogP contribution in [0.2, 0.25) is 5.02 Å². The predicted molar refractivity (Wildman–Crippen MR) is 81.4 cm³/mol. The highest BCUT2D eigenvalue weighted by Gasteiger charge is 2.18. The first-order valence-electron chi connectivity index (χ1n) is 6.89. The first-order chi connectivity index (χ1) is 8.44. The molecule has 0 saturated heterocycles. The number of halogens is 1. The SMILES string of the molecule is CCNCC(CCC(C)(C)C)c1ccccc1Cl. The van der Waals surface area contributed by atoms with Crippen LogP contribution in [0.3, 0.4) is 0 Å². The third-order valence-corrected chi connectivity index (χ3v) is 3.57. The van der Waals surface area contributed by atoms with Crippen LogP contribution < -0.4 is 5.32 Å². The second-order valence-corrected chi connectivity index (χ2v) is 6.53. The summed E-state index contributed by atoms with van der Waals surface area (Å²) in [6, 6.07) is 8.23. The van der Waals surface area contributed by atoms with E-state index >= 15 is 0 Å². The van der Waals surface area contributed by atoms with Crippen molar-refractivity contribution in [3.63, 3.8) is 0 Å². The quantitative estimate of drug-likeness (QED) is 0.776. The van der Waals surface area contributed by atoms with E-state index in [0.717, 1.165) is 18.1 Å². The Bertz CT molecular complexity index is 354. The summed E-state index contributed by atoms with van der Waals surface area (Å²) in [6.45, 7) is 11.1. The zero-order chi connectivity index (χ0) is 13.6. The fourth-order valence-corrected chi connectivity index (χ4v) is 2.39. The number of benzene rings is 1. The van der Waals surface area contributed by atoms with Crippen LogP contribution in [0.25, 0.3) is 0 Å². The van der Waals surface area contributed by atoms with Crippen LogP contribution in [0.1, 0.15) is 52.0 Å². The Morgan fingerprint density at radius 3 is 2.44 bits per heavy atom. The highest BCUT2D eigenvalue weighted by Crippen LogP contribution is 2.31. The zero-order valence-corrected chi connectivity index (χ0v) is 12.8. The van der Waals surface area contributed by atoms with Crippen molar-refractivity contribution >= 4 is 11.6 Å². The molecule has 0 bridgehead atoms. The molecule has 0 aliphatic carbocycles. The van der Waals surface area contributed by atoms with Gasteiger partial charge in [0.25, 0.3) is 0 Å². The third-order valence-electron chi connectivity index (χ3n) is 3.23. The molecule has 0 heterocycles. The third kappa shape index (κ3) is 5.41. The van der Waals surface area contributed by atoms with E-state index in [1.807, 2.05) is 12.1 Å². The average molecular weight is 268 g/mol. The van der Waals surface area contributed by atoms with Crippen molar-refractivity contribution in [3.8, 4) is 0 Å². The number of nitrogens with one attached hydrogen (secondary N) is 1. The maximum Gasteiger partial charge on any atom is 0.0441 e. The van der Waals surface area contributed by atoms with E-state index in [4.69, 9.17) is 11.6 Å². The van der Waals surface area contributed by atoms with Gasteiger partial charge in [0.15, 0.2) is 0 Å². The Kier molecular flexibility index (Phi) is 6.17. The fraction of sp³-hybridized carbons (Fsp3) is 0.625. The lowest BCUT2D eigenvalue weighted by molar-refractivity contribution is 0.345. The molecule has 0 aliphatic heterocycles. The van der Waals surface area contributed by atoms with Gasteiger partial charge in [-0.1, -0.05) is 57.5 Å². The van der Waals surface area contributed by atoms with Gasteiger partial charge in [0.2, 0.25) is 0 Å². The van der Waals surface area contributed by atoms with Gasteiger partial charge in [0.1, 0.15) is 0 Å². The molecular formula is C16H26ClN. The summed E-state index contributed by atoms with van der Waals surface area (Å²) in [5.41, 5.74) is 1.66. The predicted octanol–water partition coefficient (Wildman–Crippen LogP) is 4.86. The van der Waals surface area contributed by atoms with E-state index in [0.29, 0.717) is 11.3 Å². The number of rotatable bonds is 6. The van der Waals surface area contributed by atoms with E-state index in [-0.39, 0.29) is 0 Å². The fourth-order valence-electron chi connectivity index (χ4n) is 2.10. The van der Waals surface area contributed by atoms with Crippen LogP contribution in [0.5, 0.6) is 0 Å². The first kappa shape index (κ1) is 15.5. The molecule has 0 aromatic heterocycles. The molecule has 1 nitrogen and oxygen atoms in total. The molecular weight excluding hydrogens is 242 g/mol. The summed E-state index contributed by atoms with van der Waals surface area (Å²) in [6.07, 6.45) is 2.40. The summed E-state index contributed by atoms with van der Waals surface area (Å²) in [5, 5.41) is 4.35. The van der Waals surface area contributed by atoms with Gasteiger partial charge in [0.05, 0.1) is 0 Å². The Balaban J connectivity index is 2.75. The molecule has 0 fully saturated rings. The van der Waals surface area contributed by atoms with Crippen LogP contribution in [0.4, 0.5) is 0 Å². The highest BCUT2D eigenvalue weighted by atomic mass is 35.5. The lowest BCUT2D eigenvalue weighted by Gasteiger charge is -2.24. The standard InChI is InChI=1S/C16H26ClN/c1-5-18-12-13(10-11-16(2,3)4)14-8-6-7-9-15(14)17/h6-9,13,18H,5,10-12H2,1-4H3. The monoisotopic (exact) mass is 267 g/mol. The molecule has 1 rings (SSSR count). The summed E-state index contributed by atoms with van der Waals surface area (Å²) in [4.78, 5) is 0. The summed E-state index contributed by atoms with van der Waals surface area (Å²) in [5.74, 6) is 0.512. The average Bonchev–Trinajstić information content (AvgIpc) is 2.29. The number of hydrogen-bond acceptors (Lipinski definition) is 1. The summed E-state index contributed by atoms with van der Waals surface area (Å²) >= 11 is 6.32. The lowest BCUT2D eigenvalue weighted by atomic mass is 9.84. The zero-order valence-electron chi connectivity index (χ0n) is 12.1. The Morgan fingerprint density at radius 2 is 1.89 bits per heavy atom. The topological polar surface area (TPSA) is 12.0 Å². The van der Waals surface area contributed by atoms with Crippen molar-refractivity contribution in [1.29, 1.82) is 0 Å². The second kappa shape index (κ2) is 7.16. The Hall–Kier alpha value is -0.530. The van der Waals surface area contributed by atoms with Crippen molar-refractivity contribution < 1.29 is 0 Å². The van der Waals surface area contributed by atoms with Crippen LogP contribution in [-0.4, -0.2) is 13.1 Å². The largest absolute Gasteiger partial charge is 0.316 e. The molecule has 0 radical (unpaired) electrons. The molecule has 2 heteroatoms. The summed E-state index contributed by atoms with van der Waals surface area (Å²) in [7, 11) is 0. The molecule has 102 valence electrons. The lowest BCUT2D eigenvalue weighted by Crippen LogP contribution is -2.22. The van der Waals surface area contributed by atoms with Crippen LogP contribution in [0.15, 0.2) is 24.3 Å². The molecule has 1 atom stereocenters. The number of hydrogen-bond donors (Lipinski definition) is 1. The van der Waals surface area contributed by atoms with Crippen molar-refractivity contribution in [2.45, 2.75) is 46.5 Å². The molecule has 0 amide bonds. The second-order valence-electron chi connectivity index (χ2n) is 6.13. The van der Waals surface area contributed by atoms with Gasteiger partial charge in [-0.3, -0.25) is 0 Å². The van der Waals surface area contributed by atoms with Crippen LogP contribution in [-0.2, 0) is 0 Å². The number of likely N-dealkylation sites (N-methyl/N-ethyl adjacent to an activating group) is 1. The van der Waals surface area contributed by atoms with Crippen molar-refractivity contribution in [2.75, 3.05) is 13.1 Å². The van der Waals surface area contributed by atoms with Gasteiger partial charge in [-0.2, -0.15) is 0 Å².